The minimum atomic E-state index is -2.29. The van der Waals surface area contributed by atoms with Gasteiger partial charge in [-0.15, -0.1) is 0 Å². The number of hydrogen-bond acceptors (Lipinski definition) is 9. The van der Waals surface area contributed by atoms with Gasteiger partial charge in [0, 0.05) is 7.11 Å². The summed E-state index contributed by atoms with van der Waals surface area (Å²) in [4.78, 5) is 33.1. The van der Waals surface area contributed by atoms with Crippen molar-refractivity contribution in [3.05, 3.63) is 22.2 Å². The Morgan fingerprint density at radius 1 is 1.12 bits per heavy atom. The largest absolute Gasteiger partial charge is 0.466 e. The molecule has 0 saturated carbocycles. The van der Waals surface area contributed by atoms with Crippen molar-refractivity contribution in [3.8, 4) is 0 Å². The summed E-state index contributed by atoms with van der Waals surface area (Å²) in [7, 11) is 3.37. The van der Waals surface area contributed by atoms with Gasteiger partial charge in [-0.1, -0.05) is 11.6 Å². The summed E-state index contributed by atoms with van der Waals surface area (Å²) in [5.74, 6) is -1.83. The lowest BCUT2D eigenvalue weighted by atomic mass is 9.94. The Hall–Kier alpha value is -1.81. The van der Waals surface area contributed by atoms with Crippen LogP contribution < -0.4 is 0 Å². The summed E-state index contributed by atoms with van der Waals surface area (Å²) in [5, 5.41) is -0.0290. The van der Waals surface area contributed by atoms with Crippen molar-refractivity contribution in [2.75, 3.05) is 34.5 Å². The molecule has 0 atom stereocenters. The second-order valence-corrected chi connectivity index (χ2v) is 5.12. The van der Waals surface area contributed by atoms with Gasteiger partial charge >= 0.3 is 17.5 Å². The molecule has 1 aromatic rings. The molecule has 1 saturated heterocycles. The predicted molar refractivity (Wildman–Crippen MR) is 79.1 cm³/mol. The summed E-state index contributed by atoms with van der Waals surface area (Å²) >= 11 is 6.20. The molecule has 1 aromatic heterocycles. The molecule has 0 bridgehead atoms. The van der Waals surface area contributed by atoms with E-state index in [1.165, 1.54) is 0 Å². The minimum absolute atomic E-state index is 0.0290. The summed E-state index contributed by atoms with van der Waals surface area (Å²) < 4.78 is 25.5. The third-order valence-corrected chi connectivity index (χ3v) is 3.74. The molecule has 0 aromatic carbocycles. The molecule has 0 N–H and O–H groups in total. The van der Waals surface area contributed by atoms with Crippen molar-refractivity contribution in [1.29, 1.82) is 0 Å². The second kappa shape index (κ2) is 7.39. The van der Waals surface area contributed by atoms with Gasteiger partial charge in [0.2, 0.25) is 0 Å². The number of carbonyl (C=O) groups is 2. The Kier molecular flexibility index (Phi) is 5.70. The van der Waals surface area contributed by atoms with Gasteiger partial charge in [0.15, 0.2) is 6.29 Å². The lowest BCUT2D eigenvalue weighted by molar-refractivity contribution is -0.187. The van der Waals surface area contributed by atoms with E-state index in [1.54, 1.807) is 6.92 Å². The third kappa shape index (κ3) is 2.95. The van der Waals surface area contributed by atoms with E-state index in [9.17, 15) is 9.59 Å². The lowest BCUT2D eigenvalue weighted by Gasteiger charge is -2.29. The highest BCUT2D eigenvalue weighted by Crippen LogP contribution is 2.38. The molecule has 2 heterocycles. The van der Waals surface area contributed by atoms with Gasteiger partial charge in [-0.2, -0.15) is 0 Å². The number of carbonyl (C=O) groups excluding carboxylic acids is 2. The molecule has 24 heavy (non-hydrogen) atoms. The molecule has 0 aliphatic carbocycles. The summed E-state index contributed by atoms with van der Waals surface area (Å²) in [5.41, 5.74) is -2.32. The molecular weight excluding hydrogens is 344 g/mol. The summed E-state index contributed by atoms with van der Waals surface area (Å²) in [6.07, 6.45) is -0.947. The minimum Gasteiger partial charge on any atom is -0.466 e. The highest BCUT2D eigenvalue weighted by Gasteiger charge is 2.55. The van der Waals surface area contributed by atoms with Crippen LogP contribution in [0.25, 0.3) is 0 Å². The molecule has 0 spiro atoms. The van der Waals surface area contributed by atoms with Gasteiger partial charge in [0.1, 0.15) is 16.7 Å². The summed E-state index contributed by atoms with van der Waals surface area (Å²) in [6, 6.07) is 0. The third-order valence-electron chi connectivity index (χ3n) is 3.45. The van der Waals surface area contributed by atoms with Crippen LogP contribution in [-0.4, -0.2) is 56.4 Å². The molecule has 1 aliphatic rings. The first-order valence-electron chi connectivity index (χ1n) is 6.92. The zero-order valence-corrected chi connectivity index (χ0v) is 14.4. The van der Waals surface area contributed by atoms with Crippen molar-refractivity contribution in [2.45, 2.75) is 18.8 Å². The number of aryl methyl sites for hydroxylation is 1. The highest BCUT2D eigenvalue weighted by molar-refractivity contribution is 6.30. The molecule has 10 heteroatoms. The number of ether oxygens (including phenoxy) is 5. The molecule has 0 radical (unpaired) electrons. The van der Waals surface area contributed by atoms with Crippen LogP contribution in [0.5, 0.6) is 0 Å². The topological polar surface area (TPSA) is 106 Å². The fourth-order valence-electron chi connectivity index (χ4n) is 2.38. The molecule has 1 fully saturated rings. The number of nitrogens with zero attached hydrogens (tertiary/aromatic N) is 2. The lowest BCUT2D eigenvalue weighted by Crippen LogP contribution is -2.49. The number of hydrogen-bond donors (Lipinski definition) is 0. The van der Waals surface area contributed by atoms with E-state index in [1.807, 2.05) is 0 Å². The van der Waals surface area contributed by atoms with Crippen LogP contribution in [0.1, 0.15) is 23.4 Å². The maximum Gasteiger partial charge on any atom is 0.356 e. The van der Waals surface area contributed by atoms with Crippen LogP contribution in [0.2, 0.25) is 5.15 Å². The van der Waals surface area contributed by atoms with E-state index in [0.717, 1.165) is 21.3 Å². The van der Waals surface area contributed by atoms with Gasteiger partial charge in [-0.25, -0.2) is 19.6 Å². The first-order valence-corrected chi connectivity index (χ1v) is 7.29. The van der Waals surface area contributed by atoms with Crippen LogP contribution >= 0.6 is 11.6 Å². The fourth-order valence-corrected chi connectivity index (χ4v) is 2.68. The standard InChI is InChI=1S/C14H17ClN2O7/c1-7-16-9(8(10(15)17-7)11-23-5-6-24-11)14(22-4,12(18)20-2)13(19)21-3/h11H,5-6H2,1-4H3. The van der Waals surface area contributed by atoms with Gasteiger partial charge in [-0.05, 0) is 6.92 Å². The molecule has 0 unspecified atom stereocenters. The maximum atomic E-state index is 12.4. The van der Waals surface area contributed by atoms with Gasteiger partial charge < -0.3 is 23.7 Å². The van der Waals surface area contributed by atoms with Gasteiger partial charge in [0.05, 0.1) is 33.0 Å². The molecular formula is C14H17ClN2O7. The van der Waals surface area contributed by atoms with E-state index >= 15 is 0 Å². The Labute approximate surface area is 143 Å². The smallest absolute Gasteiger partial charge is 0.356 e. The highest BCUT2D eigenvalue weighted by atomic mass is 35.5. The van der Waals surface area contributed by atoms with Crippen molar-refractivity contribution >= 4 is 23.5 Å². The van der Waals surface area contributed by atoms with Gasteiger partial charge in [-0.3, -0.25) is 0 Å². The van der Waals surface area contributed by atoms with Gasteiger partial charge in [0.25, 0.3) is 0 Å². The Bertz CT molecular complexity index is 630. The maximum absolute atomic E-state index is 12.4. The van der Waals surface area contributed by atoms with Crippen LogP contribution in [0, 0.1) is 6.92 Å². The summed E-state index contributed by atoms with van der Waals surface area (Å²) in [6.45, 7) is 2.17. The Balaban J connectivity index is 2.77. The zero-order chi connectivity index (χ0) is 17.9. The van der Waals surface area contributed by atoms with Crippen LogP contribution in [0.3, 0.4) is 0 Å². The number of methoxy groups -OCH3 is 3. The van der Waals surface area contributed by atoms with E-state index < -0.39 is 23.8 Å². The molecule has 9 nitrogen and oxygen atoms in total. The van der Waals surface area contributed by atoms with E-state index in [4.69, 9.17) is 35.3 Å². The normalized spacial score (nSPS) is 15.4. The molecule has 0 amide bonds. The number of aromatic nitrogens is 2. The average Bonchev–Trinajstić information content (AvgIpc) is 3.08. The molecule has 1 aliphatic heterocycles. The first-order chi connectivity index (χ1) is 11.4. The quantitative estimate of drug-likeness (QED) is 0.425. The number of halogens is 1. The monoisotopic (exact) mass is 360 g/mol. The number of esters is 2. The first kappa shape index (κ1) is 18.5. The van der Waals surface area contributed by atoms with Crippen molar-refractivity contribution < 1.29 is 33.3 Å². The van der Waals surface area contributed by atoms with E-state index in [0.29, 0.717) is 13.2 Å². The van der Waals surface area contributed by atoms with Crippen molar-refractivity contribution in [2.24, 2.45) is 0 Å². The van der Waals surface area contributed by atoms with E-state index in [-0.39, 0.29) is 22.2 Å². The SMILES string of the molecule is COC(=O)C(OC)(C(=O)OC)c1nc(C)nc(Cl)c1C1OCCO1. The Morgan fingerprint density at radius 3 is 2.12 bits per heavy atom. The van der Waals surface area contributed by atoms with Crippen LogP contribution in [0.4, 0.5) is 0 Å². The molecule has 2 rings (SSSR count). The number of rotatable bonds is 5. The van der Waals surface area contributed by atoms with Crippen LogP contribution in [0.15, 0.2) is 0 Å². The van der Waals surface area contributed by atoms with Crippen molar-refractivity contribution in [3.63, 3.8) is 0 Å². The van der Waals surface area contributed by atoms with E-state index in [2.05, 4.69) is 9.97 Å². The second-order valence-electron chi connectivity index (χ2n) is 4.77. The van der Waals surface area contributed by atoms with Crippen LogP contribution in [-0.2, 0) is 38.9 Å². The Morgan fingerprint density at radius 2 is 1.67 bits per heavy atom. The predicted octanol–water partition coefficient (Wildman–Crippen LogP) is 0.672. The molecule has 132 valence electrons. The fraction of sp³-hybridized carbons (Fsp3) is 0.571. The average molecular weight is 361 g/mol. The van der Waals surface area contributed by atoms with Crippen molar-refractivity contribution in [1.82, 2.24) is 9.97 Å². The zero-order valence-electron chi connectivity index (χ0n) is 13.6.